The van der Waals surface area contributed by atoms with E-state index in [-0.39, 0.29) is 26.6 Å². The quantitative estimate of drug-likeness (QED) is 0.199. The Balaban J connectivity index is 1.67. The molecule has 1 aromatic heterocycles. The van der Waals surface area contributed by atoms with Crippen molar-refractivity contribution in [3.8, 4) is 22.3 Å². The molecule has 7 nitrogen and oxygen atoms in total. The van der Waals surface area contributed by atoms with Crippen LogP contribution in [-0.2, 0) is 16.6 Å². The minimum absolute atomic E-state index is 0.0252. The van der Waals surface area contributed by atoms with E-state index in [4.69, 9.17) is 25.8 Å². The van der Waals surface area contributed by atoms with Crippen molar-refractivity contribution < 1.29 is 27.4 Å². The van der Waals surface area contributed by atoms with Crippen LogP contribution >= 0.6 is 22.9 Å². The number of carbonyl (C=O) groups is 1. The Morgan fingerprint density at radius 2 is 1.41 bits per heavy atom. The number of carbonyl (C=O) groups excluding carboxylic acids is 1. The number of Topliss-reactive ketones (excluding diaryl/α,β-unsaturated/α-hetero) is 1. The van der Waals surface area contributed by atoms with Crippen molar-refractivity contribution in [3.05, 3.63) is 95.0 Å². The minimum Gasteiger partial charge on any atom is -0.497 e. The number of nitrogens with zero attached hydrogens (tertiary/aromatic N) is 1. The number of ketones is 1. The van der Waals surface area contributed by atoms with Gasteiger partial charge in [-0.15, -0.1) is 0 Å². The first kappa shape index (κ1) is 26.5. The molecule has 1 heterocycles. The largest absolute Gasteiger partial charge is 0.497 e. The molecule has 0 saturated heterocycles. The van der Waals surface area contributed by atoms with E-state index in [0.717, 1.165) is 16.9 Å². The summed E-state index contributed by atoms with van der Waals surface area (Å²) in [5.41, 5.74) is 1.77. The van der Waals surface area contributed by atoms with Crippen LogP contribution in [0, 0.1) is 0 Å². The summed E-state index contributed by atoms with van der Waals surface area (Å²) in [4.78, 5) is 11.5. The molecule has 0 aliphatic rings. The van der Waals surface area contributed by atoms with E-state index in [9.17, 15) is 13.2 Å². The van der Waals surface area contributed by atoms with Gasteiger partial charge >= 0.3 is 0 Å². The first-order chi connectivity index (χ1) is 17.7. The SMILES string of the molecule is COc1ccc(CN(c2ccc(OC)cc2)S(=O)(=O)c2cc(Cl)c(Oc3ccc(C(C)=O)cc3)s2)cc1. The monoisotopic (exact) mass is 557 g/mol. The van der Waals surface area contributed by atoms with Crippen LogP contribution in [0.5, 0.6) is 22.3 Å². The van der Waals surface area contributed by atoms with E-state index in [2.05, 4.69) is 0 Å². The van der Waals surface area contributed by atoms with Gasteiger partial charge in [-0.1, -0.05) is 35.1 Å². The van der Waals surface area contributed by atoms with Gasteiger partial charge in [0, 0.05) is 5.56 Å². The van der Waals surface area contributed by atoms with Gasteiger partial charge in [0.1, 0.15) is 21.5 Å². The Hall–Kier alpha value is -3.53. The fraction of sp³-hybridized carbons (Fsp3) is 0.148. The van der Waals surface area contributed by atoms with Crippen LogP contribution in [0.1, 0.15) is 22.8 Å². The highest BCUT2D eigenvalue weighted by Gasteiger charge is 2.29. The summed E-state index contributed by atoms with van der Waals surface area (Å²) in [6.45, 7) is 1.56. The van der Waals surface area contributed by atoms with Crippen LogP contribution in [0.15, 0.2) is 83.1 Å². The Bertz CT molecular complexity index is 1480. The van der Waals surface area contributed by atoms with E-state index in [0.29, 0.717) is 28.5 Å². The lowest BCUT2D eigenvalue weighted by molar-refractivity contribution is 0.101. The number of ether oxygens (including phenoxy) is 3. The molecule has 0 amide bonds. The van der Waals surface area contributed by atoms with Gasteiger partial charge in [-0.25, -0.2) is 8.42 Å². The summed E-state index contributed by atoms with van der Waals surface area (Å²) in [5.74, 6) is 1.65. The smallest absolute Gasteiger partial charge is 0.274 e. The Morgan fingerprint density at radius 1 is 0.865 bits per heavy atom. The van der Waals surface area contributed by atoms with Gasteiger partial charge < -0.3 is 14.2 Å². The van der Waals surface area contributed by atoms with E-state index in [1.807, 2.05) is 12.1 Å². The summed E-state index contributed by atoms with van der Waals surface area (Å²) in [6.07, 6.45) is 0. The Morgan fingerprint density at radius 3 is 1.95 bits per heavy atom. The highest BCUT2D eigenvalue weighted by atomic mass is 35.5. The molecule has 0 aliphatic carbocycles. The number of rotatable bonds is 10. The molecule has 37 heavy (non-hydrogen) atoms. The van der Waals surface area contributed by atoms with Crippen LogP contribution < -0.4 is 18.5 Å². The zero-order chi connectivity index (χ0) is 26.6. The second-order valence-corrected chi connectivity index (χ2v) is 11.5. The third-order valence-corrected chi connectivity index (χ3v) is 9.12. The second kappa shape index (κ2) is 11.2. The molecule has 0 spiro atoms. The van der Waals surface area contributed by atoms with E-state index in [1.54, 1.807) is 74.9 Å². The van der Waals surface area contributed by atoms with Crippen molar-refractivity contribution in [3.63, 3.8) is 0 Å². The zero-order valence-electron chi connectivity index (χ0n) is 20.3. The molecule has 192 valence electrons. The topological polar surface area (TPSA) is 82.1 Å². The maximum Gasteiger partial charge on any atom is 0.274 e. The summed E-state index contributed by atoms with van der Waals surface area (Å²) < 4.78 is 45.4. The number of benzene rings is 3. The predicted octanol–water partition coefficient (Wildman–Crippen LogP) is 6.81. The van der Waals surface area contributed by atoms with Crippen LogP contribution in [-0.4, -0.2) is 28.4 Å². The van der Waals surface area contributed by atoms with Gasteiger partial charge in [-0.2, -0.15) is 0 Å². The van der Waals surface area contributed by atoms with E-state index in [1.165, 1.54) is 17.3 Å². The molecule has 0 saturated carbocycles. The maximum absolute atomic E-state index is 13.9. The summed E-state index contributed by atoms with van der Waals surface area (Å²) >= 11 is 7.31. The van der Waals surface area contributed by atoms with Crippen molar-refractivity contribution in [2.24, 2.45) is 0 Å². The molecule has 4 rings (SSSR count). The number of hydrogen-bond acceptors (Lipinski definition) is 7. The first-order valence-corrected chi connectivity index (χ1v) is 13.7. The van der Waals surface area contributed by atoms with Crippen LogP contribution in [0.4, 0.5) is 5.69 Å². The molecule has 0 unspecified atom stereocenters. The second-order valence-electron chi connectivity index (χ2n) is 7.94. The first-order valence-electron chi connectivity index (χ1n) is 11.1. The number of hydrogen-bond donors (Lipinski definition) is 0. The highest BCUT2D eigenvalue weighted by molar-refractivity contribution is 7.94. The van der Waals surface area contributed by atoms with Crippen molar-refractivity contribution in [1.82, 2.24) is 0 Å². The number of halogens is 1. The molecule has 0 bridgehead atoms. The molecule has 10 heteroatoms. The van der Waals surface area contributed by atoms with E-state index >= 15 is 0 Å². The summed E-state index contributed by atoms with van der Waals surface area (Å²) in [7, 11) is -0.913. The maximum atomic E-state index is 13.9. The van der Waals surface area contributed by atoms with Gasteiger partial charge in [0.15, 0.2) is 5.78 Å². The Kier molecular flexibility index (Phi) is 8.06. The third kappa shape index (κ3) is 6.07. The van der Waals surface area contributed by atoms with Gasteiger partial charge in [0.25, 0.3) is 10.0 Å². The number of thiophene rings is 1. The fourth-order valence-corrected chi connectivity index (χ4v) is 6.63. The van der Waals surface area contributed by atoms with Gasteiger partial charge in [-0.05, 0) is 79.2 Å². The molecule has 0 radical (unpaired) electrons. The Labute approximate surface area is 224 Å². The van der Waals surface area contributed by atoms with Crippen molar-refractivity contribution in [2.45, 2.75) is 17.7 Å². The number of sulfonamides is 1. The fourth-order valence-electron chi connectivity index (χ4n) is 3.46. The number of anilines is 1. The molecule has 0 aliphatic heterocycles. The lowest BCUT2D eigenvalue weighted by Gasteiger charge is -2.24. The van der Waals surface area contributed by atoms with Crippen LogP contribution in [0.3, 0.4) is 0 Å². The molecule has 0 N–H and O–H groups in total. The van der Waals surface area contributed by atoms with Gasteiger partial charge in [-0.3, -0.25) is 9.10 Å². The summed E-state index contributed by atoms with van der Waals surface area (Å²) in [5, 5.41) is 0.397. The van der Waals surface area contributed by atoms with Gasteiger partial charge in [0.2, 0.25) is 5.06 Å². The molecule has 0 atom stereocenters. The average molecular weight is 558 g/mol. The average Bonchev–Trinajstić information content (AvgIpc) is 3.28. The van der Waals surface area contributed by atoms with Crippen LogP contribution in [0.2, 0.25) is 5.02 Å². The lowest BCUT2D eigenvalue weighted by atomic mass is 10.1. The van der Waals surface area contributed by atoms with Crippen molar-refractivity contribution in [2.75, 3.05) is 18.5 Å². The standard InChI is InChI=1S/C27H24ClNO6S2/c1-18(30)20-6-12-24(13-7-20)35-27-25(28)16-26(36-27)37(31,32)29(21-8-14-23(34-3)15-9-21)17-19-4-10-22(33-2)11-5-19/h4-16H,17H2,1-3H3. The molecular formula is C27H24ClNO6S2. The predicted molar refractivity (Wildman–Crippen MR) is 145 cm³/mol. The van der Waals surface area contributed by atoms with Crippen molar-refractivity contribution >= 4 is 44.4 Å². The molecule has 4 aromatic rings. The summed E-state index contributed by atoms with van der Waals surface area (Å²) in [6, 6.07) is 21.9. The third-order valence-electron chi connectivity index (χ3n) is 5.49. The van der Waals surface area contributed by atoms with Gasteiger partial charge in [0.05, 0.1) is 31.5 Å². The minimum atomic E-state index is -4.03. The number of methoxy groups -OCH3 is 2. The van der Waals surface area contributed by atoms with Crippen molar-refractivity contribution in [1.29, 1.82) is 0 Å². The molecule has 3 aromatic carbocycles. The van der Waals surface area contributed by atoms with E-state index < -0.39 is 10.0 Å². The highest BCUT2D eigenvalue weighted by Crippen LogP contribution is 2.42. The van der Waals surface area contributed by atoms with Crippen LogP contribution in [0.25, 0.3) is 0 Å². The molecule has 0 fully saturated rings. The normalized spacial score (nSPS) is 11.1. The lowest BCUT2D eigenvalue weighted by Crippen LogP contribution is -2.30. The zero-order valence-corrected chi connectivity index (χ0v) is 22.7. The molecular weight excluding hydrogens is 534 g/mol.